The second-order valence-corrected chi connectivity index (χ2v) is 6.54. The zero-order chi connectivity index (χ0) is 16.0. The van der Waals surface area contributed by atoms with Gasteiger partial charge < -0.3 is 19.5 Å². The van der Waals surface area contributed by atoms with Crippen molar-refractivity contribution in [1.82, 2.24) is 10.2 Å². The molecule has 1 rings (SSSR count). The lowest BCUT2D eigenvalue weighted by atomic mass is 10.1. The van der Waals surface area contributed by atoms with Crippen LogP contribution in [0.4, 0.5) is 4.79 Å². The Kier molecular flexibility index (Phi) is 6.90. The smallest absolute Gasteiger partial charge is 0.410 e. The van der Waals surface area contributed by atoms with E-state index in [0.717, 1.165) is 0 Å². The van der Waals surface area contributed by atoms with Crippen molar-refractivity contribution in [3.8, 4) is 0 Å². The van der Waals surface area contributed by atoms with Gasteiger partial charge in [0, 0.05) is 26.2 Å². The van der Waals surface area contributed by atoms with Crippen LogP contribution in [0.15, 0.2) is 0 Å². The largest absolute Gasteiger partial charge is 0.444 e. The van der Waals surface area contributed by atoms with Crippen molar-refractivity contribution in [3.05, 3.63) is 0 Å². The lowest BCUT2D eigenvalue weighted by molar-refractivity contribution is -0.0331. The highest BCUT2D eigenvalue weighted by atomic mass is 16.6. The standard InChI is InChI=1S/C15H30N2O4/c1-11(12(2)19-6)16-9-13-10-20-8-7-17(13)14(18)21-15(3,4)5/h11-13,16H,7-10H2,1-6H3. The Labute approximate surface area is 128 Å². The third-order valence-electron chi connectivity index (χ3n) is 3.61. The summed E-state index contributed by atoms with van der Waals surface area (Å²) in [5, 5.41) is 3.40. The third-order valence-corrected chi connectivity index (χ3v) is 3.61. The van der Waals surface area contributed by atoms with E-state index in [2.05, 4.69) is 12.2 Å². The van der Waals surface area contributed by atoms with Gasteiger partial charge in [0.15, 0.2) is 0 Å². The number of hydrogen-bond donors (Lipinski definition) is 1. The molecule has 1 N–H and O–H groups in total. The SMILES string of the molecule is COC(C)C(C)NCC1COCCN1C(=O)OC(C)(C)C. The van der Waals surface area contributed by atoms with Crippen LogP contribution in [-0.2, 0) is 14.2 Å². The van der Waals surface area contributed by atoms with Gasteiger partial charge in [0.25, 0.3) is 0 Å². The number of carbonyl (C=O) groups is 1. The molecule has 0 aliphatic carbocycles. The Hall–Kier alpha value is -0.850. The molecule has 1 amide bonds. The van der Waals surface area contributed by atoms with Crippen LogP contribution in [0.1, 0.15) is 34.6 Å². The van der Waals surface area contributed by atoms with E-state index in [1.165, 1.54) is 0 Å². The Morgan fingerprint density at radius 1 is 1.43 bits per heavy atom. The Morgan fingerprint density at radius 3 is 2.67 bits per heavy atom. The van der Waals surface area contributed by atoms with Gasteiger partial charge in [-0.05, 0) is 34.6 Å². The van der Waals surface area contributed by atoms with E-state index in [-0.39, 0.29) is 24.3 Å². The summed E-state index contributed by atoms with van der Waals surface area (Å²) < 4.78 is 16.2. The predicted molar refractivity (Wildman–Crippen MR) is 81.5 cm³/mol. The van der Waals surface area contributed by atoms with Crippen LogP contribution in [0, 0.1) is 0 Å². The van der Waals surface area contributed by atoms with Crippen molar-refractivity contribution in [3.63, 3.8) is 0 Å². The minimum atomic E-state index is -0.481. The number of hydrogen-bond acceptors (Lipinski definition) is 5. The van der Waals surface area contributed by atoms with Crippen molar-refractivity contribution in [2.24, 2.45) is 0 Å². The summed E-state index contributed by atoms with van der Waals surface area (Å²) in [5.74, 6) is 0. The number of amides is 1. The van der Waals surface area contributed by atoms with E-state index in [1.54, 1.807) is 12.0 Å². The minimum Gasteiger partial charge on any atom is -0.444 e. The van der Waals surface area contributed by atoms with Crippen LogP contribution in [0.3, 0.4) is 0 Å². The van der Waals surface area contributed by atoms with Gasteiger partial charge in [-0.1, -0.05) is 0 Å². The first-order chi connectivity index (χ1) is 9.74. The zero-order valence-electron chi connectivity index (χ0n) is 14.1. The molecule has 0 aromatic heterocycles. The molecule has 1 saturated heterocycles. The number of carbonyl (C=O) groups excluding carboxylic acids is 1. The van der Waals surface area contributed by atoms with Gasteiger partial charge in [-0.15, -0.1) is 0 Å². The Morgan fingerprint density at radius 2 is 2.10 bits per heavy atom. The predicted octanol–water partition coefficient (Wildman–Crippen LogP) is 1.64. The molecule has 0 aromatic carbocycles. The fraction of sp³-hybridized carbons (Fsp3) is 0.933. The van der Waals surface area contributed by atoms with Crippen molar-refractivity contribution < 1.29 is 19.0 Å². The molecule has 6 heteroatoms. The second-order valence-electron chi connectivity index (χ2n) is 6.54. The van der Waals surface area contributed by atoms with Gasteiger partial charge in [0.1, 0.15) is 5.60 Å². The molecule has 1 aliphatic rings. The van der Waals surface area contributed by atoms with Crippen molar-refractivity contribution in [2.45, 2.75) is 58.4 Å². The molecule has 1 fully saturated rings. The Bertz CT molecular complexity index is 330. The lowest BCUT2D eigenvalue weighted by Crippen LogP contribution is -2.55. The summed E-state index contributed by atoms with van der Waals surface area (Å²) in [7, 11) is 1.69. The van der Waals surface area contributed by atoms with Gasteiger partial charge in [-0.3, -0.25) is 4.90 Å². The maximum absolute atomic E-state index is 12.3. The van der Waals surface area contributed by atoms with E-state index in [0.29, 0.717) is 26.3 Å². The summed E-state index contributed by atoms with van der Waals surface area (Å²) in [5.41, 5.74) is -0.481. The average molecular weight is 302 g/mol. The third kappa shape index (κ3) is 6.20. The van der Waals surface area contributed by atoms with Crippen LogP contribution in [-0.4, -0.2) is 68.2 Å². The van der Waals surface area contributed by atoms with Gasteiger partial charge in [0.2, 0.25) is 0 Å². The molecule has 21 heavy (non-hydrogen) atoms. The van der Waals surface area contributed by atoms with Crippen molar-refractivity contribution in [2.75, 3.05) is 33.4 Å². The van der Waals surface area contributed by atoms with E-state index in [1.807, 2.05) is 27.7 Å². The molecule has 1 heterocycles. The van der Waals surface area contributed by atoms with E-state index < -0.39 is 5.60 Å². The summed E-state index contributed by atoms with van der Waals surface area (Å²) in [4.78, 5) is 14.0. The molecule has 0 saturated carbocycles. The normalized spacial score (nSPS) is 22.8. The van der Waals surface area contributed by atoms with E-state index >= 15 is 0 Å². The number of methoxy groups -OCH3 is 1. The number of nitrogens with zero attached hydrogens (tertiary/aromatic N) is 1. The highest BCUT2D eigenvalue weighted by Crippen LogP contribution is 2.14. The van der Waals surface area contributed by atoms with Gasteiger partial charge in [-0.25, -0.2) is 4.79 Å². The fourth-order valence-electron chi connectivity index (χ4n) is 2.08. The maximum atomic E-state index is 12.3. The monoisotopic (exact) mass is 302 g/mol. The molecule has 0 spiro atoms. The van der Waals surface area contributed by atoms with Gasteiger partial charge in [0.05, 0.1) is 25.4 Å². The van der Waals surface area contributed by atoms with Gasteiger partial charge >= 0.3 is 6.09 Å². The Balaban J connectivity index is 2.55. The summed E-state index contributed by atoms with van der Waals surface area (Å²) >= 11 is 0. The topological polar surface area (TPSA) is 60.0 Å². The first-order valence-corrected chi connectivity index (χ1v) is 7.58. The lowest BCUT2D eigenvalue weighted by Gasteiger charge is -2.37. The highest BCUT2D eigenvalue weighted by molar-refractivity contribution is 5.68. The highest BCUT2D eigenvalue weighted by Gasteiger charge is 2.31. The molecular weight excluding hydrogens is 272 g/mol. The maximum Gasteiger partial charge on any atom is 0.410 e. The van der Waals surface area contributed by atoms with Gasteiger partial charge in [-0.2, -0.15) is 0 Å². The van der Waals surface area contributed by atoms with E-state index in [4.69, 9.17) is 14.2 Å². The first kappa shape index (κ1) is 18.2. The average Bonchev–Trinajstić information content (AvgIpc) is 2.42. The molecular formula is C15H30N2O4. The molecule has 0 aromatic rings. The first-order valence-electron chi connectivity index (χ1n) is 7.58. The van der Waals surface area contributed by atoms with Crippen LogP contribution in [0.2, 0.25) is 0 Å². The van der Waals surface area contributed by atoms with Crippen LogP contribution in [0.25, 0.3) is 0 Å². The van der Waals surface area contributed by atoms with Crippen LogP contribution < -0.4 is 5.32 Å². The molecule has 124 valence electrons. The quantitative estimate of drug-likeness (QED) is 0.836. The second kappa shape index (κ2) is 7.96. The van der Waals surface area contributed by atoms with Crippen LogP contribution in [0.5, 0.6) is 0 Å². The molecule has 0 bridgehead atoms. The summed E-state index contributed by atoms with van der Waals surface area (Å²) in [6.07, 6.45) is -0.158. The number of ether oxygens (including phenoxy) is 3. The minimum absolute atomic E-state index is 0.0138. The fourth-order valence-corrected chi connectivity index (χ4v) is 2.08. The van der Waals surface area contributed by atoms with Crippen molar-refractivity contribution in [1.29, 1.82) is 0 Å². The van der Waals surface area contributed by atoms with Crippen molar-refractivity contribution >= 4 is 6.09 Å². The molecule has 1 aliphatic heterocycles. The van der Waals surface area contributed by atoms with E-state index in [9.17, 15) is 4.79 Å². The molecule has 3 unspecified atom stereocenters. The molecule has 0 radical (unpaired) electrons. The molecule has 6 nitrogen and oxygen atoms in total. The van der Waals surface area contributed by atoms with Crippen LogP contribution >= 0.6 is 0 Å². The number of morpholine rings is 1. The molecule has 3 atom stereocenters. The number of rotatable bonds is 5. The summed E-state index contributed by atoms with van der Waals surface area (Å²) in [6.45, 7) is 12.0. The zero-order valence-corrected chi connectivity index (χ0v) is 14.1. The summed E-state index contributed by atoms with van der Waals surface area (Å²) in [6, 6.07) is 0.192. The number of nitrogens with one attached hydrogen (secondary N) is 1.